The van der Waals surface area contributed by atoms with Gasteiger partial charge in [0.25, 0.3) is 5.56 Å². The van der Waals surface area contributed by atoms with Crippen LogP contribution in [0.15, 0.2) is 10.9 Å². The minimum atomic E-state index is -4.37. The highest BCUT2D eigenvalue weighted by molar-refractivity contribution is 5.37. The molecule has 0 atom stereocenters. The van der Waals surface area contributed by atoms with Gasteiger partial charge in [-0.2, -0.15) is 13.2 Å². The van der Waals surface area contributed by atoms with Crippen LogP contribution in [0.2, 0.25) is 0 Å². The van der Waals surface area contributed by atoms with E-state index in [1.54, 1.807) is 0 Å². The molecule has 17 heavy (non-hydrogen) atoms. The average molecular weight is 250 g/mol. The Bertz CT molecular complexity index is 429. The first kappa shape index (κ1) is 13.5. The van der Waals surface area contributed by atoms with Gasteiger partial charge in [-0.05, 0) is 6.92 Å². The zero-order chi connectivity index (χ0) is 13.1. The van der Waals surface area contributed by atoms with Crippen LogP contribution in [0.3, 0.4) is 0 Å². The molecule has 0 saturated carbocycles. The van der Waals surface area contributed by atoms with Crippen molar-refractivity contribution in [3.05, 3.63) is 22.2 Å². The lowest BCUT2D eigenvalue weighted by atomic mass is 10.4. The van der Waals surface area contributed by atoms with Gasteiger partial charge in [0.2, 0.25) is 0 Å². The molecular weight excluding hydrogens is 237 g/mol. The highest BCUT2D eigenvalue weighted by atomic mass is 19.4. The maximum Gasteiger partial charge on any atom is 0.405 e. The molecule has 1 aromatic heterocycles. The van der Waals surface area contributed by atoms with Crippen molar-refractivity contribution in [1.82, 2.24) is 9.97 Å². The van der Waals surface area contributed by atoms with Gasteiger partial charge in [0.1, 0.15) is 18.2 Å². The lowest BCUT2D eigenvalue weighted by Gasteiger charge is -2.24. The number of rotatable bonds is 4. The zero-order valence-electron chi connectivity index (χ0n) is 9.21. The van der Waals surface area contributed by atoms with Crippen molar-refractivity contribution >= 4 is 5.82 Å². The molecule has 0 radical (unpaired) electrons. The average Bonchev–Trinajstić information content (AvgIpc) is 2.13. The van der Waals surface area contributed by atoms with Gasteiger partial charge in [0.05, 0.1) is 0 Å². The van der Waals surface area contributed by atoms with Crippen molar-refractivity contribution in [3.63, 3.8) is 0 Å². The molecule has 0 unspecified atom stereocenters. The molecule has 8 heteroatoms. The highest BCUT2D eigenvalue weighted by Crippen LogP contribution is 2.19. The van der Waals surface area contributed by atoms with Gasteiger partial charge in [-0.25, -0.2) is 4.98 Å². The molecule has 0 aromatic carbocycles. The van der Waals surface area contributed by atoms with Crippen LogP contribution in [0.4, 0.5) is 19.0 Å². The number of hydrogen-bond acceptors (Lipinski definition) is 4. The van der Waals surface area contributed by atoms with Crippen LogP contribution in [-0.4, -0.2) is 35.8 Å². The second-order valence-corrected chi connectivity index (χ2v) is 3.51. The molecule has 0 aliphatic carbocycles. The van der Waals surface area contributed by atoms with Crippen LogP contribution >= 0.6 is 0 Å². The molecule has 0 bridgehead atoms. The maximum atomic E-state index is 12.3. The van der Waals surface area contributed by atoms with Crippen molar-refractivity contribution in [2.75, 3.05) is 24.5 Å². The summed E-state index contributed by atoms with van der Waals surface area (Å²) >= 11 is 0. The predicted molar refractivity (Wildman–Crippen MR) is 56.9 cm³/mol. The summed E-state index contributed by atoms with van der Waals surface area (Å²) in [6.45, 7) is 0.345. The summed E-state index contributed by atoms with van der Waals surface area (Å²) in [6, 6.07) is 1.02. The van der Waals surface area contributed by atoms with Gasteiger partial charge in [-0.15, -0.1) is 0 Å². The van der Waals surface area contributed by atoms with E-state index in [2.05, 4.69) is 9.97 Å². The molecule has 5 nitrogen and oxygen atoms in total. The molecule has 0 amide bonds. The molecule has 1 rings (SSSR count). The number of halogens is 3. The highest BCUT2D eigenvalue weighted by Gasteiger charge is 2.31. The molecule has 3 N–H and O–H groups in total. The van der Waals surface area contributed by atoms with E-state index < -0.39 is 18.3 Å². The number of nitrogens with zero attached hydrogens (tertiary/aromatic N) is 2. The molecule has 0 saturated heterocycles. The Hall–Kier alpha value is -1.57. The molecule has 0 fully saturated rings. The molecule has 0 spiro atoms. The Labute approximate surface area is 95.5 Å². The first-order chi connectivity index (χ1) is 7.81. The Morgan fingerprint density at radius 1 is 1.53 bits per heavy atom. The number of aryl methyl sites for hydroxylation is 1. The Kier molecular flexibility index (Phi) is 4.11. The molecule has 1 aromatic rings. The Balaban J connectivity index is 3.00. The van der Waals surface area contributed by atoms with E-state index in [1.807, 2.05) is 0 Å². The van der Waals surface area contributed by atoms with Gasteiger partial charge in [0.15, 0.2) is 0 Å². The van der Waals surface area contributed by atoms with E-state index in [4.69, 9.17) is 5.73 Å². The van der Waals surface area contributed by atoms with Gasteiger partial charge < -0.3 is 15.6 Å². The zero-order valence-corrected chi connectivity index (χ0v) is 9.21. The molecule has 96 valence electrons. The minimum Gasteiger partial charge on any atom is -0.346 e. The molecule has 0 aliphatic rings. The van der Waals surface area contributed by atoms with E-state index in [0.717, 1.165) is 11.0 Å². The third-order valence-electron chi connectivity index (χ3n) is 1.94. The number of H-pyrrole nitrogens is 1. The summed E-state index contributed by atoms with van der Waals surface area (Å²) in [5.74, 6) is 0.241. The topological polar surface area (TPSA) is 75.0 Å². The monoisotopic (exact) mass is 250 g/mol. The van der Waals surface area contributed by atoms with E-state index in [0.29, 0.717) is 0 Å². The van der Waals surface area contributed by atoms with Crippen molar-refractivity contribution < 1.29 is 13.2 Å². The largest absolute Gasteiger partial charge is 0.405 e. The summed E-state index contributed by atoms with van der Waals surface area (Å²) in [7, 11) is 0. The van der Waals surface area contributed by atoms with E-state index in [-0.39, 0.29) is 24.7 Å². The van der Waals surface area contributed by atoms with E-state index >= 15 is 0 Å². The summed E-state index contributed by atoms with van der Waals surface area (Å²) in [5, 5.41) is 0. The number of hydrogen-bond donors (Lipinski definition) is 2. The smallest absolute Gasteiger partial charge is 0.346 e. The van der Waals surface area contributed by atoms with Crippen LogP contribution in [0.5, 0.6) is 0 Å². The number of nitrogens with one attached hydrogen (secondary N) is 1. The number of anilines is 1. The third kappa shape index (κ3) is 4.43. The third-order valence-corrected chi connectivity index (χ3v) is 1.94. The van der Waals surface area contributed by atoms with Crippen LogP contribution in [0.1, 0.15) is 5.82 Å². The fourth-order valence-electron chi connectivity index (χ4n) is 1.37. The number of aromatic amines is 1. The normalized spacial score (nSPS) is 11.6. The van der Waals surface area contributed by atoms with E-state index in [9.17, 15) is 18.0 Å². The summed E-state index contributed by atoms with van der Waals surface area (Å²) < 4.78 is 37.0. The fraction of sp³-hybridized carbons (Fsp3) is 0.556. The first-order valence-corrected chi connectivity index (χ1v) is 4.91. The fourth-order valence-corrected chi connectivity index (χ4v) is 1.37. The Morgan fingerprint density at radius 2 is 2.18 bits per heavy atom. The number of alkyl halides is 3. The van der Waals surface area contributed by atoms with Crippen LogP contribution in [0, 0.1) is 6.92 Å². The summed E-state index contributed by atoms with van der Waals surface area (Å²) in [6.07, 6.45) is -4.37. The lowest BCUT2D eigenvalue weighted by Crippen LogP contribution is -2.38. The van der Waals surface area contributed by atoms with Crippen molar-refractivity contribution in [1.29, 1.82) is 0 Å². The number of nitrogens with two attached hydrogens (primary N) is 1. The second kappa shape index (κ2) is 5.17. The van der Waals surface area contributed by atoms with Crippen LogP contribution < -0.4 is 16.2 Å². The van der Waals surface area contributed by atoms with Crippen molar-refractivity contribution in [3.8, 4) is 0 Å². The second-order valence-electron chi connectivity index (χ2n) is 3.51. The standard InChI is InChI=1S/C9H13F3N4O/c1-6-14-7(4-8(17)15-6)16(3-2-13)5-9(10,11)12/h4H,2-3,5,13H2,1H3,(H,14,15,17). The quantitative estimate of drug-likeness (QED) is 0.811. The SMILES string of the molecule is Cc1nc(N(CCN)CC(F)(F)F)cc(=O)[nH]1. The van der Waals surface area contributed by atoms with Gasteiger partial charge in [-0.3, -0.25) is 4.79 Å². The van der Waals surface area contributed by atoms with Gasteiger partial charge in [-0.1, -0.05) is 0 Å². The first-order valence-electron chi connectivity index (χ1n) is 4.91. The summed E-state index contributed by atoms with van der Waals surface area (Å²) in [4.78, 5) is 18.3. The lowest BCUT2D eigenvalue weighted by molar-refractivity contribution is -0.119. The van der Waals surface area contributed by atoms with Crippen molar-refractivity contribution in [2.24, 2.45) is 5.73 Å². The van der Waals surface area contributed by atoms with E-state index in [1.165, 1.54) is 6.92 Å². The predicted octanol–water partition coefficient (Wildman–Crippen LogP) is 0.406. The minimum absolute atomic E-state index is 0.0184. The van der Waals surface area contributed by atoms with Crippen LogP contribution in [0.25, 0.3) is 0 Å². The summed E-state index contributed by atoms with van der Waals surface area (Å²) in [5.41, 5.74) is 4.75. The van der Waals surface area contributed by atoms with Gasteiger partial charge in [0, 0.05) is 19.2 Å². The Morgan fingerprint density at radius 3 is 2.65 bits per heavy atom. The maximum absolute atomic E-state index is 12.3. The van der Waals surface area contributed by atoms with Crippen LogP contribution in [-0.2, 0) is 0 Å². The molecule has 0 aliphatic heterocycles. The van der Waals surface area contributed by atoms with Crippen molar-refractivity contribution in [2.45, 2.75) is 13.1 Å². The molecular formula is C9H13F3N4O. The van der Waals surface area contributed by atoms with Gasteiger partial charge >= 0.3 is 6.18 Å². The number of aromatic nitrogens is 2. The molecule has 1 heterocycles.